The predicted octanol–water partition coefficient (Wildman–Crippen LogP) is 5.13. The summed E-state index contributed by atoms with van der Waals surface area (Å²) in [5.74, 6) is 0. The minimum absolute atomic E-state index is 0.513. The van der Waals surface area contributed by atoms with Gasteiger partial charge in [-0.1, -0.05) is 40.9 Å². The Morgan fingerprint density at radius 1 is 0.947 bits per heavy atom. The highest BCUT2D eigenvalue weighted by molar-refractivity contribution is 6.42. The van der Waals surface area contributed by atoms with E-state index in [9.17, 15) is 0 Å². The largest absolute Gasteiger partial charge is 0.380 e. The molecule has 0 amide bonds. The number of benzene rings is 2. The Bertz CT molecular complexity index is 648. The van der Waals surface area contributed by atoms with E-state index in [4.69, 9.17) is 40.1 Å². The zero-order chi connectivity index (χ0) is 13.8. The first-order chi connectivity index (χ1) is 9.10. The van der Waals surface area contributed by atoms with E-state index >= 15 is 0 Å². The summed E-state index contributed by atoms with van der Waals surface area (Å²) in [6, 6.07) is 12.6. The van der Waals surface area contributed by atoms with Crippen molar-refractivity contribution in [1.29, 1.82) is 5.26 Å². The van der Waals surface area contributed by atoms with Crippen molar-refractivity contribution in [3.05, 3.63) is 62.6 Å². The number of halogens is 3. The van der Waals surface area contributed by atoms with Gasteiger partial charge in [0.2, 0.25) is 0 Å². The van der Waals surface area contributed by atoms with Crippen LogP contribution in [0.5, 0.6) is 0 Å². The van der Waals surface area contributed by atoms with Crippen LogP contribution >= 0.6 is 34.8 Å². The molecule has 96 valence electrons. The average molecular weight is 312 g/mol. The van der Waals surface area contributed by atoms with Crippen molar-refractivity contribution in [1.82, 2.24) is 0 Å². The Labute approximate surface area is 126 Å². The van der Waals surface area contributed by atoms with Gasteiger partial charge in [0.1, 0.15) is 0 Å². The molecule has 0 aliphatic carbocycles. The molecule has 0 bridgehead atoms. The topological polar surface area (TPSA) is 35.8 Å². The fourth-order valence-corrected chi connectivity index (χ4v) is 2.14. The highest BCUT2D eigenvalue weighted by Gasteiger charge is 2.03. The molecular weight excluding hydrogens is 303 g/mol. The number of hydrogen-bond acceptors (Lipinski definition) is 2. The van der Waals surface area contributed by atoms with Gasteiger partial charge in [-0.15, -0.1) is 0 Å². The molecule has 0 saturated heterocycles. The number of nitriles is 1. The summed E-state index contributed by atoms with van der Waals surface area (Å²) in [6.07, 6.45) is 0. The van der Waals surface area contributed by atoms with Gasteiger partial charge >= 0.3 is 0 Å². The maximum absolute atomic E-state index is 8.76. The maximum atomic E-state index is 8.76. The molecule has 2 rings (SSSR count). The van der Waals surface area contributed by atoms with Crippen LogP contribution in [0, 0.1) is 11.3 Å². The molecule has 0 atom stereocenters. The second-order valence-electron chi connectivity index (χ2n) is 3.91. The van der Waals surface area contributed by atoms with Crippen LogP contribution in [-0.4, -0.2) is 0 Å². The predicted molar refractivity (Wildman–Crippen MR) is 80.0 cm³/mol. The zero-order valence-electron chi connectivity index (χ0n) is 9.75. The molecule has 0 spiro atoms. The average Bonchev–Trinajstić information content (AvgIpc) is 2.41. The quantitative estimate of drug-likeness (QED) is 0.853. The molecule has 5 heteroatoms. The summed E-state index contributed by atoms with van der Waals surface area (Å²) in [5, 5.41) is 13.5. The van der Waals surface area contributed by atoms with E-state index in [0.29, 0.717) is 27.2 Å². The van der Waals surface area contributed by atoms with E-state index in [-0.39, 0.29) is 0 Å². The molecule has 0 aromatic heterocycles. The van der Waals surface area contributed by atoms with Crippen LogP contribution in [0.2, 0.25) is 15.1 Å². The van der Waals surface area contributed by atoms with Crippen molar-refractivity contribution < 1.29 is 0 Å². The van der Waals surface area contributed by atoms with E-state index in [1.165, 1.54) is 0 Å². The molecule has 0 fully saturated rings. The van der Waals surface area contributed by atoms with Crippen molar-refractivity contribution >= 4 is 40.5 Å². The zero-order valence-corrected chi connectivity index (χ0v) is 12.0. The van der Waals surface area contributed by atoms with Gasteiger partial charge < -0.3 is 5.32 Å². The van der Waals surface area contributed by atoms with Crippen molar-refractivity contribution in [2.24, 2.45) is 0 Å². The molecule has 2 nitrogen and oxygen atoms in total. The molecule has 2 aromatic rings. The summed E-state index contributed by atoms with van der Waals surface area (Å²) in [6.45, 7) is 0.572. The minimum atomic E-state index is 0.513. The molecule has 0 aliphatic heterocycles. The lowest BCUT2D eigenvalue weighted by atomic mass is 10.2. The number of nitrogens with zero attached hydrogens (tertiary/aromatic N) is 1. The minimum Gasteiger partial charge on any atom is -0.380 e. The number of hydrogen-bond donors (Lipinski definition) is 1. The Kier molecular flexibility index (Phi) is 4.55. The smallest absolute Gasteiger partial charge is 0.0992 e. The standard InChI is InChI=1S/C14H9Cl3N2/c15-11-3-1-10(6-12(11)16)8-19-14-4-2-9(7-18)5-13(14)17/h1-6,19H,8H2. The van der Waals surface area contributed by atoms with Gasteiger partial charge in [0.15, 0.2) is 0 Å². The Morgan fingerprint density at radius 3 is 2.37 bits per heavy atom. The van der Waals surface area contributed by atoms with Gasteiger partial charge in [-0.3, -0.25) is 0 Å². The van der Waals surface area contributed by atoms with E-state index < -0.39 is 0 Å². The highest BCUT2D eigenvalue weighted by Crippen LogP contribution is 2.25. The molecule has 0 radical (unpaired) electrons. The van der Waals surface area contributed by atoms with Crippen LogP contribution in [0.15, 0.2) is 36.4 Å². The van der Waals surface area contributed by atoms with Gasteiger partial charge in [-0.2, -0.15) is 5.26 Å². The first kappa shape index (κ1) is 14.0. The molecule has 19 heavy (non-hydrogen) atoms. The third-order valence-electron chi connectivity index (χ3n) is 2.57. The van der Waals surface area contributed by atoms with E-state index in [1.807, 2.05) is 12.1 Å². The maximum Gasteiger partial charge on any atom is 0.0992 e. The second kappa shape index (κ2) is 6.16. The first-order valence-electron chi connectivity index (χ1n) is 5.47. The summed E-state index contributed by atoms with van der Waals surface area (Å²) >= 11 is 17.9. The van der Waals surface area contributed by atoms with Crippen LogP contribution in [0.4, 0.5) is 5.69 Å². The molecule has 0 heterocycles. The summed E-state index contributed by atoms with van der Waals surface area (Å²) in [4.78, 5) is 0. The number of nitrogens with one attached hydrogen (secondary N) is 1. The molecule has 0 unspecified atom stereocenters. The molecule has 0 saturated carbocycles. The molecule has 1 N–H and O–H groups in total. The van der Waals surface area contributed by atoms with E-state index in [0.717, 1.165) is 11.3 Å². The fraction of sp³-hybridized carbons (Fsp3) is 0.0714. The van der Waals surface area contributed by atoms with Crippen LogP contribution in [0.3, 0.4) is 0 Å². The lowest BCUT2D eigenvalue weighted by Gasteiger charge is -2.09. The second-order valence-corrected chi connectivity index (χ2v) is 5.13. The van der Waals surface area contributed by atoms with Crippen LogP contribution in [-0.2, 0) is 6.54 Å². The Balaban J connectivity index is 2.10. The number of anilines is 1. The van der Waals surface area contributed by atoms with Crippen LogP contribution in [0.1, 0.15) is 11.1 Å². The molecular formula is C14H9Cl3N2. The summed E-state index contributed by atoms with van der Waals surface area (Å²) in [5.41, 5.74) is 2.30. The summed E-state index contributed by atoms with van der Waals surface area (Å²) < 4.78 is 0. The van der Waals surface area contributed by atoms with Gasteiger partial charge in [-0.25, -0.2) is 0 Å². The van der Waals surface area contributed by atoms with E-state index in [2.05, 4.69) is 5.32 Å². The normalized spacial score (nSPS) is 10.0. The van der Waals surface area contributed by atoms with Gasteiger partial charge in [0, 0.05) is 6.54 Å². The van der Waals surface area contributed by atoms with Crippen LogP contribution in [0.25, 0.3) is 0 Å². The molecule has 0 aliphatic rings. The number of rotatable bonds is 3. The summed E-state index contributed by atoms with van der Waals surface area (Å²) in [7, 11) is 0. The van der Waals surface area contributed by atoms with Crippen LogP contribution < -0.4 is 5.32 Å². The third-order valence-corrected chi connectivity index (χ3v) is 3.62. The van der Waals surface area contributed by atoms with Crippen molar-refractivity contribution in [3.63, 3.8) is 0 Å². The van der Waals surface area contributed by atoms with Crippen molar-refractivity contribution in [3.8, 4) is 6.07 Å². The SMILES string of the molecule is N#Cc1ccc(NCc2ccc(Cl)c(Cl)c2)c(Cl)c1. The highest BCUT2D eigenvalue weighted by atomic mass is 35.5. The lowest BCUT2D eigenvalue weighted by Crippen LogP contribution is -2.00. The Hall–Kier alpha value is -1.40. The lowest BCUT2D eigenvalue weighted by molar-refractivity contribution is 1.15. The van der Waals surface area contributed by atoms with Crippen molar-refractivity contribution in [2.75, 3.05) is 5.32 Å². The first-order valence-corrected chi connectivity index (χ1v) is 6.61. The molecule has 2 aromatic carbocycles. The van der Waals surface area contributed by atoms with Gasteiger partial charge in [0.25, 0.3) is 0 Å². The fourth-order valence-electron chi connectivity index (χ4n) is 1.57. The van der Waals surface area contributed by atoms with E-state index in [1.54, 1.807) is 30.3 Å². The van der Waals surface area contributed by atoms with Gasteiger partial charge in [0.05, 0.1) is 32.4 Å². The van der Waals surface area contributed by atoms with Crippen molar-refractivity contribution in [2.45, 2.75) is 6.54 Å². The van der Waals surface area contributed by atoms with Gasteiger partial charge in [-0.05, 0) is 35.9 Å². The monoisotopic (exact) mass is 310 g/mol. The third kappa shape index (κ3) is 3.54. The Morgan fingerprint density at radius 2 is 1.74 bits per heavy atom.